The molecular weight excluding hydrogens is 270 g/mol. The molecule has 0 bridgehead atoms. The molecule has 0 aliphatic rings. The van der Waals surface area contributed by atoms with Gasteiger partial charge in [-0.1, -0.05) is 13.8 Å². The number of carbonyl (C=O) groups is 1. The third-order valence-corrected chi connectivity index (χ3v) is 3.60. The van der Waals surface area contributed by atoms with Crippen LogP contribution >= 0.6 is 0 Å². The molecule has 0 aliphatic heterocycles. The second-order valence-electron chi connectivity index (χ2n) is 4.74. The number of aromatic amines is 1. The average Bonchev–Trinajstić information content (AvgIpc) is 2.65. The van der Waals surface area contributed by atoms with Gasteiger partial charge in [0, 0.05) is 0 Å². The molecule has 0 aromatic carbocycles. The molecule has 7 nitrogen and oxygen atoms in total. The molecular formula is C11H19N3O4S. The van der Waals surface area contributed by atoms with Crippen molar-refractivity contribution < 1.29 is 17.9 Å². The Morgan fingerprint density at radius 1 is 1.47 bits per heavy atom. The van der Waals surface area contributed by atoms with Gasteiger partial charge in [0.15, 0.2) is 5.69 Å². The fourth-order valence-electron chi connectivity index (χ4n) is 1.63. The number of nitrogens with zero attached hydrogens (tertiary/aromatic N) is 1. The van der Waals surface area contributed by atoms with Crippen molar-refractivity contribution in [1.29, 1.82) is 0 Å². The molecule has 3 N–H and O–H groups in total. The first-order chi connectivity index (χ1) is 8.73. The predicted molar refractivity (Wildman–Crippen MR) is 69.1 cm³/mol. The molecule has 0 radical (unpaired) electrons. The normalized spacial score (nSPS) is 11.8. The molecule has 1 rings (SSSR count). The number of carbonyl (C=O) groups excluding carboxylic acids is 1. The van der Waals surface area contributed by atoms with Crippen LogP contribution in [0.4, 0.5) is 0 Å². The van der Waals surface area contributed by atoms with Crippen molar-refractivity contribution >= 4 is 16.0 Å². The molecule has 0 fully saturated rings. The molecule has 1 heterocycles. The van der Waals surface area contributed by atoms with Crippen molar-refractivity contribution in [2.75, 3.05) is 6.61 Å². The number of primary sulfonamides is 1. The van der Waals surface area contributed by atoms with Gasteiger partial charge in [-0.25, -0.2) is 18.4 Å². The number of hydrogen-bond donors (Lipinski definition) is 2. The maximum Gasteiger partial charge on any atom is 0.360 e. The van der Waals surface area contributed by atoms with Crippen LogP contribution < -0.4 is 5.14 Å². The highest BCUT2D eigenvalue weighted by Crippen LogP contribution is 2.17. The minimum absolute atomic E-state index is 0.219. The van der Waals surface area contributed by atoms with Crippen molar-refractivity contribution in [2.45, 2.75) is 38.5 Å². The molecule has 8 heteroatoms. The first-order valence-corrected chi connectivity index (χ1v) is 7.53. The Morgan fingerprint density at radius 3 is 2.63 bits per heavy atom. The Morgan fingerprint density at radius 2 is 2.11 bits per heavy atom. The molecule has 0 atom stereocenters. The highest BCUT2D eigenvalue weighted by molar-refractivity contribution is 7.89. The van der Waals surface area contributed by atoms with Gasteiger partial charge < -0.3 is 4.74 Å². The largest absolute Gasteiger partial charge is 0.461 e. The van der Waals surface area contributed by atoms with Crippen LogP contribution in [0.25, 0.3) is 0 Å². The van der Waals surface area contributed by atoms with Gasteiger partial charge in [0.05, 0.1) is 12.3 Å². The van der Waals surface area contributed by atoms with E-state index in [2.05, 4.69) is 24.0 Å². The van der Waals surface area contributed by atoms with Crippen LogP contribution in [0.2, 0.25) is 0 Å². The summed E-state index contributed by atoms with van der Waals surface area (Å²) in [6.07, 6.45) is 1.65. The second kappa shape index (κ2) is 6.16. The lowest BCUT2D eigenvalue weighted by Crippen LogP contribution is -2.18. The van der Waals surface area contributed by atoms with Gasteiger partial charge in [-0.3, -0.25) is 5.10 Å². The topological polar surface area (TPSA) is 115 Å². The third kappa shape index (κ3) is 4.32. The third-order valence-electron chi connectivity index (χ3n) is 2.53. The number of rotatable bonds is 6. The summed E-state index contributed by atoms with van der Waals surface area (Å²) in [6.45, 7) is 5.84. The lowest BCUT2D eigenvalue weighted by Gasteiger charge is -2.06. The van der Waals surface area contributed by atoms with Gasteiger partial charge in [-0.05, 0) is 25.7 Å². The fourth-order valence-corrected chi connectivity index (χ4v) is 2.50. The number of sulfonamides is 1. The molecule has 0 saturated heterocycles. The highest BCUT2D eigenvalue weighted by Gasteiger charge is 2.26. The van der Waals surface area contributed by atoms with Crippen molar-refractivity contribution in [3.05, 3.63) is 11.4 Å². The zero-order valence-electron chi connectivity index (χ0n) is 11.3. The standard InChI is InChI=1S/C11H19N3O4S/c1-7(2)5-4-6-18-11(15)9-10(19(12,16)17)8(3)13-14-9/h7H,4-6H2,1-3H3,(H,13,14)(H2,12,16,17). The van der Waals surface area contributed by atoms with Crippen molar-refractivity contribution in [3.63, 3.8) is 0 Å². The molecule has 0 aliphatic carbocycles. The maximum absolute atomic E-state index is 11.7. The zero-order chi connectivity index (χ0) is 14.6. The molecule has 1 aromatic rings. The Bertz CT molecular complexity index is 548. The second-order valence-corrected chi connectivity index (χ2v) is 6.24. The zero-order valence-corrected chi connectivity index (χ0v) is 12.1. The quantitative estimate of drug-likeness (QED) is 0.597. The SMILES string of the molecule is Cc1[nH]nc(C(=O)OCCCC(C)C)c1S(N)(=O)=O. The summed E-state index contributed by atoms with van der Waals surface area (Å²) in [7, 11) is -4.00. The highest BCUT2D eigenvalue weighted by atomic mass is 32.2. The molecule has 0 unspecified atom stereocenters. The van der Waals surface area contributed by atoms with Crippen molar-refractivity contribution in [2.24, 2.45) is 11.1 Å². The lowest BCUT2D eigenvalue weighted by molar-refractivity contribution is 0.0483. The van der Waals surface area contributed by atoms with Gasteiger partial charge in [0.25, 0.3) is 0 Å². The summed E-state index contributed by atoms with van der Waals surface area (Å²) < 4.78 is 27.7. The Hall–Kier alpha value is -1.41. The first kappa shape index (κ1) is 15.6. The average molecular weight is 289 g/mol. The molecule has 0 spiro atoms. The molecule has 0 saturated carbocycles. The number of aryl methyl sites for hydroxylation is 1. The van der Waals surface area contributed by atoms with Crippen molar-refractivity contribution in [3.8, 4) is 0 Å². The fraction of sp³-hybridized carbons (Fsp3) is 0.636. The molecule has 1 aromatic heterocycles. The van der Waals surface area contributed by atoms with Gasteiger partial charge in [0.1, 0.15) is 4.90 Å². The molecule has 108 valence electrons. The number of aromatic nitrogens is 2. The number of nitrogens with one attached hydrogen (secondary N) is 1. The summed E-state index contributed by atoms with van der Waals surface area (Å²) in [4.78, 5) is 11.4. The minimum atomic E-state index is -4.00. The van der Waals surface area contributed by atoms with Crippen LogP contribution in [-0.4, -0.2) is 31.2 Å². The van der Waals surface area contributed by atoms with E-state index in [1.165, 1.54) is 6.92 Å². The summed E-state index contributed by atoms with van der Waals surface area (Å²) in [5.41, 5.74) is -0.0684. The minimum Gasteiger partial charge on any atom is -0.461 e. The predicted octanol–water partition coefficient (Wildman–Crippen LogP) is 0.959. The van der Waals surface area contributed by atoms with E-state index in [4.69, 9.17) is 9.88 Å². The van der Waals surface area contributed by atoms with E-state index >= 15 is 0 Å². The monoisotopic (exact) mass is 289 g/mol. The van der Waals surface area contributed by atoms with Crippen LogP contribution in [0.1, 0.15) is 42.9 Å². The van der Waals surface area contributed by atoms with Gasteiger partial charge >= 0.3 is 5.97 Å². The van der Waals surface area contributed by atoms with E-state index in [-0.39, 0.29) is 22.9 Å². The summed E-state index contributed by atoms with van der Waals surface area (Å²) in [5.74, 6) is -0.261. The van der Waals surface area contributed by atoms with Gasteiger partial charge in [0.2, 0.25) is 10.0 Å². The maximum atomic E-state index is 11.7. The van der Waals surface area contributed by atoms with E-state index in [9.17, 15) is 13.2 Å². The van der Waals surface area contributed by atoms with E-state index in [0.717, 1.165) is 12.8 Å². The number of H-pyrrole nitrogens is 1. The van der Waals surface area contributed by atoms with Crippen molar-refractivity contribution in [1.82, 2.24) is 10.2 Å². The van der Waals surface area contributed by atoms with E-state index in [0.29, 0.717) is 5.92 Å². The number of nitrogens with two attached hydrogens (primary N) is 1. The summed E-state index contributed by atoms with van der Waals surface area (Å²) in [6, 6.07) is 0. The van der Waals surface area contributed by atoms with Gasteiger partial charge in [-0.2, -0.15) is 5.10 Å². The smallest absolute Gasteiger partial charge is 0.360 e. The number of ether oxygens (including phenoxy) is 1. The summed E-state index contributed by atoms with van der Waals surface area (Å²) in [5, 5.41) is 11.1. The number of esters is 1. The van der Waals surface area contributed by atoms with E-state index in [1.807, 2.05) is 0 Å². The Labute approximate surface area is 112 Å². The first-order valence-electron chi connectivity index (χ1n) is 5.98. The van der Waals surface area contributed by atoms with Crippen LogP contribution in [0, 0.1) is 12.8 Å². The Kier molecular flexibility index (Phi) is 5.07. The Balaban J connectivity index is 2.74. The van der Waals surface area contributed by atoms with E-state index in [1.54, 1.807) is 0 Å². The van der Waals surface area contributed by atoms with Crippen LogP contribution in [-0.2, 0) is 14.8 Å². The van der Waals surface area contributed by atoms with E-state index < -0.39 is 16.0 Å². The molecule has 0 amide bonds. The lowest BCUT2D eigenvalue weighted by atomic mass is 10.1. The van der Waals surface area contributed by atoms with Crippen LogP contribution in [0.15, 0.2) is 4.90 Å². The number of hydrogen-bond acceptors (Lipinski definition) is 5. The van der Waals surface area contributed by atoms with Gasteiger partial charge in [-0.15, -0.1) is 0 Å². The van der Waals surface area contributed by atoms with Crippen LogP contribution in [0.3, 0.4) is 0 Å². The molecule has 19 heavy (non-hydrogen) atoms. The summed E-state index contributed by atoms with van der Waals surface area (Å²) >= 11 is 0. The van der Waals surface area contributed by atoms with Crippen LogP contribution in [0.5, 0.6) is 0 Å².